The van der Waals surface area contributed by atoms with Gasteiger partial charge in [-0.3, -0.25) is 0 Å². The molecule has 1 heterocycles. The maximum atomic E-state index is 11.2. The first-order valence-electron chi connectivity index (χ1n) is 4.29. The number of rotatable bonds is 3. The molecule has 0 bridgehead atoms. The summed E-state index contributed by atoms with van der Waals surface area (Å²) in [5.41, 5.74) is -0.640. The van der Waals surface area contributed by atoms with E-state index in [9.17, 15) is 9.59 Å². The van der Waals surface area contributed by atoms with E-state index in [2.05, 4.69) is 9.73 Å². The number of esters is 1. The van der Waals surface area contributed by atoms with Gasteiger partial charge in [-0.05, 0) is 26.0 Å². The molecular weight excluding hydrogens is 214 g/mol. The highest BCUT2D eigenvalue weighted by Crippen LogP contribution is 2.31. The molecule has 0 aliphatic heterocycles. The molecule has 1 aromatic heterocycles. The molecular formula is C10H11NO3S. The Balaban J connectivity index is 3.03. The van der Waals surface area contributed by atoms with Crippen LogP contribution < -0.4 is 0 Å². The molecule has 0 spiro atoms. The summed E-state index contributed by atoms with van der Waals surface area (Å²) in [6, 6.07) is 3.42. The van der Waals surface area contributed by atoms with E-state index in [1.54, 1.807) is 26.0 Å². The molecule has 0 aliphatic rings. The predicted molar refractivity (Wildman–Crippen MR) is 56.8 cm³/mol. The number of nitrogens with zero attached hydrogens (tertiary/aromatic N) is 1. The largest absolute Gasteiger partial charge is 0.465 e. The minimum absolute atomic E-state index is 0.378. The smallest absolute Gasteiger partial charge is 0.348 e. The highest BCUT2D eigenvalue weighted by molar-refractivity contribution is 7.14. The molecule has 0 aromatic carbocycles. The van der Waals surface area contributed by atoms with Crippen LogP contribution in [0.5, 0.6) is 0 Å². The number of methoxy groups -OCH3 is 1. The lowest BCUT2D eigenvalue weighted by Gasteiger charge is -2.14. The van der Waals surface area contributed by atoms with Crippen molar-refractivity contribution in [1.29, 1.82) is 0 Å². The van der Waals surface area contributed by atoms with Gasteiger partial charge < -0.3 is 4.74 Å². The highest BCUT2D eigenvalue weighted by atomic mass is 32.1. The molecule has 0 unspecified atom stereocenters. The molecule has 0 amide bonds. The van der Waals surface area contributed by atoms with Crippen LogP contribution in [-0.4, -0.2) is 19.2 Å². The van der Waals surface area contributed by atoms with Crippen molar-refractivity contribution < 1.29 is 14.3 Å². The van der Waals surface area contributed by atoms with Crippen molar-refractivity contribution >= 4 is 23.4 Å². The fourth-order valence-corrected chi connectivity index (χ4v) is 2.02. The Morgan fingerprint density at radius 2 is 2.20 bits per heavy atom. The summed E-state index contributed by atoms with van der Waals surface area (Å²) in [5, 5.41) is 0. The summed E-state index contributed by atoms with van der Waals surface area (Å²) in [6.45, 7) is 3.57. The summed E-state index contributed by atoms with van der Waals surface area (Å²) >= 11 is 1.27. The van der Waals surface area contributed by atoms with Gasteiger partial charge in [0, 0.05) is 4.88 Å². The quantitative estimate of drug-likeness (QED) is 0.449. The Hall–Kier alpha value is -1.45. The standard InChI is InChI=1S/C10H11NO3S/c1-10(2,11-6-12)8-5-4-7(15-8)9(13)14-3/h4-5H,1-3H3. The summed E-state index contributed by atoms with van der Waals surface area (Å²) in [7, 11) is 1.33. The number of carbonyl (C=O) groups is 1. The Bertz CT molecular complexity index is 416. The molecule has 0 saturated heterocycles. The van der Waals surface area contributed by atoms with Crippen LogP contribution in [0.1, 0.15) is 28.4 Å². The zero-order valence-electron chi connectivity index (χ0n) is 8.73. The lowest BCUT2D eigenvalue weighted by Crippen LogP contribution is -2.10. The van der Waals surface area contributed by atoms with E-state index in [1.165, 1.54) is 24.5 Å². The van der Waals surface area contributed by atoms with Gasteiger partial charge in [0.1, 0.15) is 10.4 Å². The van der Waals surface area contributed by atoms with Crippen LogP contribution in [0.2, 0.25) is 0 Å². The van der Waals surface area contributed by atoms with Crippen molar-refractivity contribution in [2.24, 2.45) is 4.99 Å². The lowest BCUT2D eigenvalue weighted by molar-refractivity contribution is 0.0606. The second-order valence-electron chi connectivity index (χ2n) is 3.42. The molecule has 0 N–H and O–H groups in total. The van der Waals surface area contributed by atoms with Gasteiger partial charge in [-0.2, -0.15) is 4.99 Å². The first-order chi connectivity index (χ1) is 7.01. The van der Waals surface area contributed by atoms with Crippen molar-refractivity contribution in [3.63, 3.8) is 0 Å². The van der Waals surface area contributed by atoms with E-state index in [0.717, 1.165) is 4.88 Å². The fourth-order valence-electron chi connectivity index (χ4n) is 1.05. The second kappa shape index (κ2) is 4.38. The van der Waals surface area contributed by atoms with Crippen LogP contribution in [0.25, 0.3) is 0 Å². The van der Waals surface area contributed by atoms with Gasteiger partial charge in [0.15, 0.2) is 0 Å². The molecule has 0 aliphatic carbocycles. The van der Waals surface area contributed by atoms with E-state index < -0.39 is 5.54 Å². The molecule has 1 aromatic rings. The molecule has 4 nitrogen and oxygen atoms in total. The van der Waals surface area contributed by atoms with Crippen LogP contribution in [-0.2, 0) is 15.1 Å². The SMILES string of the molecule is COC(=O)c1ccc(C(C)(C)N=C=O)s1. The molecule has 0 saturated carbocycles. The number of aliphatic imine (C=N–C) groups is 1. The predicted octanol–water partition coefficient (Wildman–Crippen LogP) is 2.11. The summed E-state index contributed by atoms with van der Waals surface area (Å²) in [5.74, 6) is -0.378. The van der Waals surface area contributed by atoms with Gasteiger partial charge in [0.05, 0.1) is 7.11 Å². The maximum Gasteiger partial charge on any atom is 0.348 e. The third-order valence-electron chi connectivity index (χ3n) is 1.92. The Morgan fingerprint density at radius 3 is 2.73 bits per heavy atom. The number of hydrogen-bond donors (Lipinski definition) is 0. The topological polar surface area (TPSA) is 55.7 Å². The van der Waals surface area contributed by atoms with Gasteiger partial charge in [0.25, 0.3) is 0 Å². The van der Waals surface area contributed by atoms with Gasteiger partial charge in [-0.1, -0.05) is 0 Å². The molecule has 5 heteroatoms. The van der Waals surface area contributed by atoms with E-state index in [-0.39, 0.29) is 5.97 Å². The van der Waals surface area contributed by atoms with Crippen molar-refractivity contribution in [3.05, 3.63) is 21.9 Å². The number of thiophene rings is 1. The van der Waals surface area contributed by atoms with Crippen molar-refractivity contribution in [2.45, 2.75) is 19.4 Å². The van der Waals surface area contributed by atoms with Crippen LogP contribution in [0, 0.1) is 0 Å². The molecule has 80 valence electrons. The Labute approximate surface area is 91.6 Å². The first-order valence-corrected chi connectivity index (χ1v) is 5.10. The van der Waals surface area contributed by atoms with Crippen LogP contribution >= 0.6 is 11.3 Å². The normalized spacial score (nSPS) is 10.6. The van der Waals surface area contributed by atoms with Crippen LogP contribution in [0.3, 0.4) is 0 Å². The zero-order chi connectivity index (χ0) is 11.5. The third kappa shape index (κ3) is 2.52. The number of ether oxygens (including phenoxy) is 1. The van der Waals surface area contributed by atoms with Crippen molar-refractivity contribution in [2.75, 3.05) is 7.11 Å². The summed E-state index contributed by atoms with van der Waals surface area (Å²) < 4.78 is 4.59. The summed E-state index contributed by atoms with van der Waals surface area (Å²) in [4.78, 5) is 26.4. The Morgan fingerprint density at radius 1 is 1.53 bits per heavy atom. The van der Waals surface area contributed by atoms with E-state index in [0.29, 0.717) is 4.88 Å². The van der Waals surface area contributed by atoms with E-state index >= 15 is 0 Å². The van der Waals surface area contributed by atoms with Gasteiger partial charge in [0.2, 0.25) is 6.08 Å². The van der Waals surface area contributed by atoms with Crippen molar-refractivity contribution in [3.8, 4) is 0 Å². The second-order valence-corrected chi connectivity index (χ2v) is 4.50. The van der Waals surface area contributed by atoms with Gasteiger partial charge >= 0.3 is 5.97 Å². The maximum absolute atomic E-state index is 11.2. The first kappa shape index (κ1) is 11.6. The molecule has 0 radical (unpaired) electrons. The van der Waals surface area contributed by atoms with Gasteiger partial charge in [-0.25, -0.2) is 9.59 Å². The average molecular weight is 225 g/mol. The molecule has 0 fully saturated rings. The van der Waals surface area contributed by atoms with Crippen LogP contribution in [0.15, 0.2) is 17.1 Å². The number of hydrogen-bond acceptors (Lipinski definition) is 5. The number of carbonyl (C=O) groups excluding carboxylic acids is 2. The minimum Gasteiger partial charge on any atom is -0.465 e. The fraction of sp³-hybridized carbons (Fsp3) is 0.400. The molecule has 15 heavy (non-hydrogen) atoms. The third-order valence-corrected chi connectivity index (χ3v) is 3.30. The zero-order valence-corrected chi connectivity index (χ0v) is 9.55. The van der Waals surface area contributed by atoms with E-state index in [4.69, 9.17) is 0 Å². The monoisotopic (exact) mass is 225 g/mol. The number of isocyanates is 1. The molecule has 1 rings (SSSR count). The highest BCUT2D eigenvalue weighted by Gasteiger charge is 2.23. The molecule has 0 atom stereocenters. The van der Waals surface area contributed by atoms with Gasteiger partial charge in [-0.15, -0.1) is 11.3 Å². The van der Waals surface area contributed by atoms with Crippen LogP contribution in [0.4, 0.5) is 0 Å². The summed E-state index contributed by atoms with van der Waals surface area (Å²) in [6.07, 6.45) is 1.52. The lowest BCUT2D eigenvalue weighted by atomic mass is 10.1. The van der Waals surface area contributed by atoms with E-state index in [1.807, 2.05) is 0 Å². The van der Waals surface area contributed by atoms with Crippen molar-refractivity contribution in [1.82, 2.24) is 0 Å². The average Bonchev–Trinajstić information content (AvgIpc) is 2.66. The Kier molecular flexibility index (Phi) is 3.39. The minimum atomic E-state index is -0.640.